The van der Waals surface area contributed by atoms with E-state index in [1.54, 1.807) is 0 Å². The molecule has 70 valence electrons. The van der Waals surface area contributed by atoms with E-state index in [0.29, 0.717) is 6.10 Å². The van der Waals surface area contributed by atoms with Gasteiger partial charge in [0.2, 0.25) is 0 Å². The molecule has 2 saturated heterocycles. The Morgan fingerprint density at radius 3 is 2.92 bits per heavy atom. The third kappa shape index (κ3) is 2.19. The van der Waals surface area contributed by atoms with Gasteiger partial charge in [-0.15, -0.1) is 0 Å². The van der Waals surface area contributed by atoms with E-state index in [2.05, 4.69) is 5.32 Å². The first-order chi connectivity index (χ1) is 5.95. The SMILES string of the molecule is C1CC[C@H](O[C@H]2CCNC2)OC1. The van der Waals surface area contributed by atoms with Gasteiger partial charge in [-0.05, 0) is 32.2 Å². The molecule has 0 radical (unpaired) electrons. The Kier molecular flexibility index (Phi) is 2.98. The van der Waals surface area contributed by atoms with Gasteiger partial charge in [0, 0.05) is 13.2 Å². The highest BCUT2D eigenvalue weighted by atomic mass is 16.7. The van der Waals surface area contributed by atoms with Crippen LogP contribution in [0.3, 0.4) is 0 Å². The molecule has 0 spiro atoms. The van der Waals surface area contributed by atoms with Crippen molar-refractivity contribution >= 4 is 0 Å². The third-order valence-corrected chi connectivity index (χ3v) is 2.50. The summed E-state index contributed by atoms with van der Waals surface area (Å²) in [5.74, 6) is 0. The molecule has 0 saturated carbocycles. The normalized spacial score (nSPS) is 37.0. The fourth-order valence-electron chi connectivity index (χ4n) is 1.78. The van der Waals surface area contributed by atoms with Crippen molar-refractivity contribution in [1.29, 1.82) is 0 Å². The molecule has 0 unspecified atom stereocenters. The molecule has 0 aromatic carbocycles. The second-order valence-corrected chi connectivity index (χ2v) is 3.55. The van der Waals surface area contributed by atoms with Crippen LogP contribution in [0.5, 0.6) is 0 Å². The van der Waals surface area contributed by atoms with Crippen LogP contribution in [0.1, 0.15) is 25.7 Å². The molecule has 2 heterocycles. The van der Waals surface area contributed by atoms with E-state index in [-0.39, 0.29) is 6.29 Å². The van der Waals surface area contributed by atoms with Crippen LogP contribution in [0, 0.1) is 0 Å². The summed E-state index contributed by atoms with van der Waals surface area (Å²) in [7, 11) is 0. The van der Waals surface area contributed by atoms with Gasteiger partial charge in [0.25, 0.3) is 0 Å². The quantitative estimate of drug-likeness (QED) is 0.669. The molecule has 12 heavy (non-hydrogen) atoms. The molecule has 0 bridgehead atoms. The lowest BCUT2D eigenvalue weighted by molar-refractivity contribution is -0.183. The van der Waals surface area contributed by atoms with Gasteiger partial charge in [-0.2, -0.15) is 0 Å². The van der Waals surface area contributed by atoms with Crippen LogP contribution in [0.15, 0.2) is 0 Å². The first-order valence-corrected chi connectivity index (χ1v) is 4.93. The van der Waals surface area contributed by atoms with Crippen molar-refractivity contribution in [2.45, 2.75) is 38.1 Å². The van der Waals surface area contributed by atoms with Crippen LogP contribution in [0.25, 0.3) is 0 Å². The average molecular weight is 171 g/mol. The molecule has 1 N–H and O–H groups in total. The van der Waals surface area contributed by atoms with E-state index in [0.717, 1.165) is 32.5 Å². The Morgan fingerprint density at radius 1 is 1.25 bits per heavy atom. The van der Waals surface area contributed by atoms with Crippen molar-refractivity contribution in [3.63, 3.8) is 0 Å². The van der Waals surface area contributed by atoms with E-state index >= 15 is 0 Å². The number of hydrogen-bond donors (Lipinski definition) is 1. The molecule has 0 aromatic heterocycles. The Morgan fingerprint density at radius 2 is 2.25 bits per heavy atom. The minimum absolute atomic E-state index is 0.0867. The van der Waals surface area contributed by atoms with Crippen molar-refractivity contribution in [2.24, 2.45) is 0 Å². The molecular weight excluding hydrogens is 154 g/mol. The van der Waals surface area contributed by atoms with Gasteiger partial charge in [-0.1, -0.05) is 0 Å². The standard InChI is InChI=1S/C9H17NO2/c1-2-6-11-9(3-1)12-8-4-5-10-7-8/h8-10H,1-7H2/t8-,9-/m0/s1. The van der Waals surface area contributed by atoms with Gasteiger partial charge in [0.05, 0.1) is 6.10 Å². The summed E-state index contributed by atoms with van der Waals surface area (Å²) in [6.45, 7) is 2.97. The van der Waals surface area contributed by atoms with Crippen molar-refractivity contribution in [3.05, 3.63) is 0 Å². The first kappa shape index (κ1) is 8.48. The minimum atomic E-state index is 0.0867. The molecule has 3 heteroatoms. The number of hydrogen-bond acceptors (Lipinski definition) is 3. The van der Waals surface area contributed by atoms with Crippen molar-refractivity contribution in [1.82, 2.24) is 5.32 Å². The summed E-state index contributed by atoms with van der Waals surface area (Å²) < 4.78 is 11.3. The van der Waals surface area contributed by atoms with E-state index in [4.69, 9.17) is 9.47 Å². The zero-order valence-electron chi connectivity index (χ0n) is 7.42. The largest absolute Gasteiger partial charge is 0.353 e. The van der Waals surface area contributed by atoms with Crippen molar-refractivity contribution in [3.8, 4) is 0 Å². The Bertz CT molecular complexity index is 128. The summed E-state index contributed by atoms with van der Waals surface area (Å²) in [6, 6.07) is 0. The fraction of sp³-hybridized carbons (Fsp3) is 1.00. The molecule has 0 aliphatic carbocycles. The lowest BCUT2D eigenvalue weighted by Gasteiger charge is -2.25. The van der Waals surface area contributed by atoms with Crippen molar-refractivity contribution < 1.29 is 9.47 Å². The fourth-order valence-corrected chi connectivity index (χ4v) is 1.78. The highest BCUT2D eigenvalue weighted by Gasteiger charge is 2.21. The zero-order chi connectivity index (χ0) is 8.23. The van der Waals surface area contributed by atoms with Gasteiger partial charge in [-0.3, -0.25) is 0 Å². The average Bonchev–Trinajstić information content (AvgIpc) is 2.59. The molecule has 0 aromatic rings. The molecule has 2 aliphatic heterocycles. The molecule has 2 fully saturated rings. The van der Waals surface area contributed by atoms with Crippen LogP contribution in [-0.2, 0) is 9.47 Å². The van der Waals surface area contributed by atoms with Gasteiger partial charge < -0.3 is 14.8 Å². The molecule has 0 amide bonds. The monoisotopic (exact) mass is 171 g/mol. The van der Waals surface area contributed by atoms with Gasteiger partial charge in [-0.25, -0.2) is 0 Å². The van der Waals surface area contributed by atoms with Gasteiger partial charge >= 0.3 is 0 Å². The summed E-state index contributed by atoms with van der Waals surface area (Å²) >= 11 is 0. The third-order valence-electron chi connectivity index (χ3n) is 2.50. The highest BCUT2D eigenvalue weighted by Crippen LogP contribution is 2.17. The lowest BCUT2D eigenvalue weighted by Crippen LogP contribution is -2.29. The molecule has 3 nitrogen and oxygen atoms in total. The van der Waals surface area contributed by atoms with Crippen LogP contribution in [0.2, 0.25) is 0 Å². The maximum absolute atomic E-state index is 5.77. The number of nitrogens with one attached hydrogen (secondary N) is 1. The minimum Gasteiger partial charge on any atom is -0.353 e. The van der Waals surface area contributed by atoms with Crippen LogP contribution >= 0.6 is 0 Å². The molecule has 2 aliphatic rings. The summed E-state index contributed by atoms with van der Waals surface area (Å²) in [4.78, 5) is 0. The Balaban J connectivity index is 1.69. The smallest absolute Gasteiger partial charge is 0.158 e. The second-order valence-electron chi connectivity index (χ2n) is 3.55. The van der Waals surface area contributed by atoms with E-state index in [9.17, 15) is 0 Å². The maximum atomic E-state index is 5.77. The van der Waals surface area contributed by atoms with E-state index in [1.165, 1.54) is 12.8 Å². The predicted octanol–water partition coefficient (Wildman–Crippen LogP) is 0.891. The summed E-state index contributed by atoms with van der Waals surface area (Å²) in [6.07, 6.45) is 5.15. The highest BCUT2D eigenvalue weighted by molar-refractivity contribution is 4.72. The molecule has 2 rings (SSSR count). The van der Waals surface area contributed by atoms with Crippen LogP contribution in [-0.4, -0.2) is 32.1 Å². The predicted molar refractivity (Wildman–Crippen MR) is 46.0 cm³/mol. The number of rotatable bonds is 2. The van der Waals surface area contributed by atoms with E-state index in [1.807, 2.05) is 0 Å². The maximum Gasteiger partial charge on any atom is 0.158 e. The Labute approximate surface area is 73.4 Å². The van der Waals surface area contributed by atoms with E-state index < -0.39 is 0 Å². The summed E-state index contributed by atoms with van der Waals surface area (Å²) in [5, 5.41) is 3.28. The van der Waals surface area contributed by atoms with Gasteiger partial charge in [0.15, 0.2) is 6.29 Å². The van der Waals surface area contributed by atoms with Crippen molar-refractivity contribution in [2.75, 3.05) is 19.7 Å². The topological polar surface area (TPSA) is 30.5 Å². The zero-order valence-corrected chi connectivity index (χ0v) is 7.42. The van der Waals surface area contributed by atoms with Crippen LogP contribution < -0.4 is 5.32 Å². The number of ether oxygens (including phenoxy) is 2. The van der Waals surface area contributed by atoms with Crippen LogP contribution in [0.4, 0.5) is 0 Å². The van der Waals surface area contributed by atoms with Gasteiger partial charge in [0.1, 0.15) is 0 Å². The lowest BCUT2D eigenvalue weighted by atomic mass is 10.2. The summed E-state index contributed by atoms with van der Waals surface area (Å²) in [5.41, 5.74) is 0. The first-order valence-electron chi connectivity index (χ1n) is 4.93. The second kappa shape index (κ2) is 4.21. The Hall–Kier alpha value is -0.120. The molecule has 2 atom stereocenters. The molecular formula is C9H17NO2.